The van der Waals surface area contributed by atoms with Crippen molar-refractivity contribution in [2.24, 2.45) is 0 Å². The maximum Gasteiger partial charge on any atom is 0.339 e. The van der Waals surface area contributed by atoms with Crippen LogP contribution in [0.4, 0.5) is 0 Å². The van der Waals surface area contributed by atoms with Crippen LogP contribution >= 0.6 is 0 Å². The summed E-state index contributed by atoms with van der Waals surface area (Å²) in [5.74, 6) is 0.0494. The van der Waals surface area contributed by atoms with E-state index in [1.807, 2.05) is 19.1 Å². The predicted molar refractivity (Wildman–Crippen MR) is 70.5 cm³/mol. The monoisotopic (exact) mass is 258 g/mol. The van der Waals surface area contributed by atoms with Crippen LogP contribution in [0.1, 0.15) is 21.7 Å². The van der Waals surface area contributed by atoms with Crippen molar-refractivity contribution < 1.29 is 14.6 Å². The molecule has 1 heterocycles. The molecule has 0 radical (unpaired) electrons. The minimum absolute atomic E-state index is 0.0644. The smallest absolute Gasteiger partial charge is 0.339 e. The van der Waals surface area contributed by atoms with Gasteiger partial charge in [0, 0.05) is 11.8 Å². The highest BCUT2D eigenvalue weighted by Gasteiger charge is 2.17. The molecule has 0 saturated heterocycles. The SMILES string of the molecule is COc1ccc(C)cc1-c1nc(C)ncc1C(=O)O. The lowest BCUT2D eigenvalue weighted by Crippen LogP contribution is -2.05. The van der Waals surface area contributed by atoms with Crippen LogP contribution in [0.25, 0.3) is 11.3 Å². The third-order valence-corrected chi connectivity index (χ3v) is 2.75. The number of carboxylic acid groups (broad SMARTS) is 1. The zero-order valence-electron chi connectivity index (χ0n) is 11.0. The van der Waals surface area contributed by atoms with Gasteiger partial charge in [-0.3, -0.25) is 0 Å². The third kappa shape index (κ3) is 2.54. The van der Waals surface area contributed by atoms with E-state index in [9.17, 15) is 9.90 Å². The van der Waals surface area contributed by atoms with Crippen LogP contribution in [0.5, 0.6) is 5.75 Å². The van der Waals surface area contributed by atoms with Gasteiger partial charge in [-0.25, -0.2) is 14.8 Å². The molecular formula is C14H14N2O3. The number of aromatic nitrogens is 2. The minimum atomic E-state index is -1.06. The fourth-order valence-corrected chi connectivity index (χ4v) is 1.84. The number of ether oxygens (including phenoxy) is 1. The van der Waals surface area contributed by atoms with Crippen molar-refractivity contribution in [2.45, 2.75) is 13.8 Å². The Hall–Kier alpha value is -2.43. The second-order valence-corrected chi connectivity index (χ2v) is 4.19. The molecule has 0 saturated carbocycles. The molecule has 2 aromatic rings. The second kappa shape index (κ2) is 5.06. The molecule has 0 aliphatic rings. The molecule has 0 fully saturated rings. The molecule has 2 rings (SSSR count). The molecule has 1 aromatic carbocycles. The van der Waals surface area contributed by atoms with Crippen LogP contribution < -0.4 is 4.74 Å². The molecule has 0 unspecified atom stereocenters. The Kier molecular flexibility index (Phi) is 3.46. The van der Waals surface area contributed by atoms with Gasteiger partial charge < -0.3 is 9.84 Å². The fraction of sp³-hybridized carbons (Fsp3) is 0.214. The number of hydrogen-bond acceptors (Lipinski definition) is 4. The first-order valence-electron chi connectivity index (χ1n) is 5.75. The first-order chi connectivity index (χ1) is 9.02. The molecule has 0 spiro atoms. The Balaban J connectivity index is 2.73. The Morgan fingerprint density at radius 1 is 1.32 bits per heavy atom. The van der Waals surface area contributed by atoms with Crippen molar-refractivity contribution in [3.63, 3.8) is 0 Å². The van der Waals surface area contributed by atoms with E-state index in [1.54, 1.807) is 20.1 Å². The quantitative estimate of drug-likeness (QED) is 0.915. The first kappa shape index (κ1) is 13.0. The number of carbonyl (C=O) groups is 1. The molecule has 0 atom stereocenters. The summed E-state index contributed by atoms with van der Waals surface area (Å²) in [6.45, 7) is 3.65. The van der Waals surface area contributed by atoms with Crippen LogP contribution in [0.3, 0.4) is 0 Å². The summed E-state index contributed by atoms with van der Waals surface area (Å²) < 4.78 is 5.28. The Morgan fingerprint density at radius 2 is 2.05 bits per heavy atom. The average Bonchev–Trinajstić information content (AvgIpc) is 2.38. The highest BCUT2D eigenvalue weighted by molar-refractivity contribution is 5.95. The van der Waals surface area contributed by atoms with Crippen molar-refractivity contribution in [2.75, 3.05) is 7.11 Å². The topological polar surface area (TPSA) is 72.3 Å². The summed E-state index contributed by atoms with van der Waals surface area (Å²) in [6, 6.07) is 5.55. The number of aryl methyl sites for hydroxylation is 2. The van der Waals surface area contributed by atoms with E-state index in [0.717, 1.165) is 5.56 Å². The molecule has 0 aliphatic heterocycles. The summed E-state index contributed by atoms with van der Waals surface area (Å²) >= 11 is 0. The number of carboxylic acids is 1. The number of rotatable bonds is 3. The number of methoxy groups -OCH3 is 1. The van der Waals surface area contributed by atoms with Gasteiger partial charge in [0.05, 0.1) is 12.8 Å². The Morgan fingerprint density at radius 3 is 2.68 bits per heavy atom. The molecule has 1 aromatic heterocycles. The van der Waals surface area contributed by atoms with Gasteiger partial charge in [0.2, 0.25) is 0 Å². The van der Waals surface area contributed by atoms with E-state index < -0.39 is 5.97 Å². The minimum Gasteiger partial charge on any atom is -0.496 e. The number of benzene rings is 1. The highest BCUT2D eigenvalue weighted by atomic mass is 16.5. The molecule has 0 bridgehead atoms. The van der Waals surface area contributed by atoms with Crippen LogP contribution in [0, 0.1) is 13.8 Å². The van der Waals surface area contributed by atoms with E-state index >= 15 is 0 Å². The second-order valence-electron chi connectivity index (χ2n) is 4.19. The van der Waals surface area contributed by atoms with Gasteiger partial charge in [-0.1, -0.05) is 11.6 Å². The maximum atomic E-state index is 11.3. The van der Waals surface area contributed by atoms with Gasteiger partial charge in [-0.2, -0.15) is 0 Å². The van der Waals surface area contributed by atoms with Gasteiger partial charge in [0.1, 0.15) is 17.1 Å². The fourth-order valence-electron chi connectivity index (χ4n) is 1.84. The molecule has 98 valence electrons. The Bertz CT molecular complexity index is 639. The van der Waals surface area contributed by atoms with E-state index in [-0.39, 0.29) is 5.56 Å². The van der Waals surface area contributed by atoms with Crippen LogP contribution in [0.15, 0.2) is 24.4 Å². The van der Waals surface area contributed by atoms with Crippen molar-refractivity contribution in [1.82, 2.24) is 9.97 Å². The predicted octanol–water partition coefficient (Wildman–Crippen LogP) is 2.47. The van der Waals surface area contributed by atoms with Gasteiger partial charge >= 0.3 is 5.97 Å². The maximum absolute atomic E-state index is 11.3. The van der Waals surface area contributed by atoms with Gasteiger partial charge in [0.25, 0.3) is 0 Å². The summed E-state index contributed by atoms with van der Waals surface area (Å²) in [7, 11) is 1.54. The summed E-state index contributed by atoms with van der Waals surface area (Å²) in [6.07, 6.45) is 1.32. The molecule has 0 amide bonds. The zero-order valence-corrected chi connectivity index (χ0v) is 11.0. The average molecular weight is 258 g/mol. The first-order valence-corrected chi connectivity index (χ1v) is 5.75. The van der Waals surface area contributed by atoms with Crippen molar-refractivity contribution in [1.29, 1.82) is 0 Å². The van der Waals surface area contributed by atoms with E-state index in [1.165, 1.54) is 6.20 Å². The number of hydrogen-bond donors (Lipinski definition) is 1. The Labute approximate surface area is 110 Å². The molecule has 5 nitrogen and oxygen atoms in total. The van der Waals surface area contributed by atoms with Gasteiger partial charge in [0.15, 0.2) is 0 Å². The van der Waals surface area contributed by atoms with E-state index in [2.05, 4.69) is 9.97 Å². The molecule has 1 N–H and O–H groups in total. The van der Waals surface area contributed by atoms with E-state index in [0.29, 0.717) is 22.8 Å². The van der Waals surface area contributed by atoms with Crippen LogP contribution in [0.2, 0.25) is 0 Å². The summed E-state index contributed by atoms with van der Waals surface area (Å²) in [5, 5.41) is 9.23. The largest absolute Gasteiger partial charge is 0.496 e. The van der Waals surface area contributed by atoms with Crippen LogP contribution in [-0.2, 0) is 0 Å². The molecule has 0 aliphatic carbocycles. The van der Waals surface area contributed by atoms with Gasteiger partial charge in [-0.05, 0) is 26.0 Å². The summed E-state index contributed by atoms with van der Waals surface area (Å²) in [5.41, 5.74) is 2.10. The van der Waals surface area contributed by atoms with Crippen molar-refractivity contribution in [3.05, 3.63) is 41.3 Å². The number of aromatic carboxylic acids is 1. The highest BCUT2D eigenvalue weighted by Crippen LogP contribution is 2.31. The zero-order chi connectivity index (χ0) is 14.0. The van der Waals surface area contributed by atoms with E-state index in [4.69, 9.17) is 4.74 Å². The summed E-state index contributed by atoms with van der Waals surface area (Å²) in [4.78, 5) is 19.4. The van der Waals surface area contributed by atoms with Crippen molar-refractivity contribution in [3.8, 4) is 17.0 Å². The van der Waals surface area contributed by atoms with Crippen molar-refractivity contribution >= 4 is 5.97 Å². The molecular weight excluding hydrogens is 244 g/mol. The third-order valence-electron chi connectivity index (χ3n) is 2.75. The standard InChI is InChI=1S/C14H14N2O3/c1-8-4-5-12(19-3)10(6-8)13-11(14(17)18)7-15-9(2)16-13/h4-7H,1-3H3,(H,17,18). The number of nitrogens with zero attached hydrogens (tertiary/aromatic N) is 2. The van der Waals surface area contributed by atoms with Gasteiger partial charge in [-0.15, -0.1) is 0 Å². The molecule has 19 heavy (non-hydrogen) atoms. The lowest BCUT2D eigenvalue weighted by atomic mass is 10.0. The van der Waals surface area contributed by atoms with Crippen LogP contribution in [-0.4, -0.2) is 28.2 Å². The lowest BCUT2D eigenvalue weighted by Gasteiger charge is -2.11. The molecule has 5 heteroatoms. The lowest BCUT2D eigenvalue weighted by molar-refractivity contribution is 0.0697. The normalized spacial score (nSPS) is 10.3.